The van der Waals surface area contributed by atoms with Crippen LogP contribution < -0.4 is 15.0 Å². The molecule has 0 aliphatic rings. The fourth-order valence-corrected chi connectivity index (χ4v) is 2.04. The lowest BCUT2D eigenvalue weighted by molar-refractivity contribution is -0.129. The van der Waals surface area contributed by atoms with E-state index in [1.165, 1.54) is 0 Å². The molecule has 0 aromatic heterocycles. The largest absolute Gasteiger partial charge is 0.493 e. The summed E-state index contributed by atoms with van der Waals surface area (Å²) in [5.41, 5.74) is 3.63. The summed E-state index contributed by atoms with van der Waals surface area (Å²) in [6.07, 6.45) is 0.721. The predicted molar refractivity (Wildman–Crippen MR) is 82.0 cm³/mol. The van der Waals surface area contributed by atoms with Crippen LogP contribution in [0.15, 0.2) is 48.5 Å². The summed E-state index contributed by atoms with van der Waals surface area (Å²) in [5, 5.41) is 8.52. The molecule has 0 radical (unpaired) electrons. The third-order valence-corrected chi connectivity index (χ3v) is 3.23. The number of amides is 1. The number of methoxy groups -OCH3 is 1. The highest BCUT2D eigenvalue weighted by atomic mass is 16.5. The molecular weight excluding hydrogens is 282 g/mol. The highest BCUT2D eigenvalue weighted by Crippen LogP contribution is 2.29. The van der Waals surface area contributed by atoms with E-state index in [4.69, 9.17) is 14.7 Å². The van der Waals surface area contributed by atoms with Crippen LogP contribution in [0, 0.1) is 0 Å². The summed E-state index contributed by atoms with van der Waals surface area (Å²) in [6, 6.07) is 15.4. The minimum Gasteiger partial charge on any atom is -0.493 e. The number of rotatable bonds is 7. The Morgan fingerprint density at radius 3 is 2.55 bits per heavy atom. The molecule has 0 saturated heterocycles. The SMILES string of the molecule is COc1ccc(CCC(=O)NO)cc1OCc1ccccc1. The monoisotopic (exact) mass is 301 g/mol. The number of ether oxygens (including phenoxy) is 2. The van der Waals surface area contributed by atoms with Crippen molar-refractivity contribution in [3.8, 4) is 11.5 Å². The summed E-state index contributed by atoms with van der Waals surface area (Å²) in [6.45, 7) is 0.442. The van der Waals surface area contributed by atoms with Gasteiger partial charge in [-0.05, 0) is 29.7 Å². The predicted octanol–water partition coefficient (Wildman–Crippen LogP) is 2.71. The number of hydrogen-bond donors (Lipinski definition) is 2. The first-order valence-electron chi connectivity index (χ1n) is 6.99. The standard InChI is InChI=1S/C17H19NO4/c1-21-15-9-7-13(8-10-17(19)18-20)11-16(15)22-12-14-5-3-2-4-6-14/h2-7,9,11,20H,8,10,12H2,1H3,(H,18,19). The van der Waals surface area contributed by atoms with Crippen molar-refractivity contribution < 1.29 is 19.5 Å². The van der Waals surface area contributed by atoms with Crippen LogP contribution in [-0.2, 0) is 17.8 Å². The fraction of sp³-hybridized carbons (Fsp3) is 0.235. The summed E-state index contributed by atoms with van der Waals surface area (Å²) in [4.78, 5) is 11.1. The van der Waals surface area contributed by atoms with Gasteiger partial charge in [0.15, 0.2) is 11.5 Å². The first-order valence-corrected chi connectivity index (χ1v) is 6.99. The van der Waals surface area contributed by atoms with Crippen molar-refractivity contribution in [1.29, 1.82) is 0 Å². The molecule has 0 heterocycles. The van der Waals surface area contributed by atoms with Gasteiger partial charge in [0.25, 0.3) is 0 Å². The minimum atomic E-state index is -0.414. The Bertz CT molecular complexity index is 613. The first-order chi connectivity index (χ1) is 10.7. The average Bonchev–Trinajstić information content (AvgIpc) is 2.58. The van der Waals surface area contributed by atoms with Gasteiger partial charge in [0.2, 0.25) is 5.91 Å². The Morgan fingerprint density at radius 1 is 1.09 bits per heavy atom. The van der Waals surface area contributed by atoms with Crippen LogP contribution in [0.4, 0.5) is 0 Å². The van der Waals surface area contributed by atoms with Gasteiger partial charge in [0.05, 0.1) is 7.11 Å². The van der Waals surface area contributed by atoms with Gasteiger partial charge in [-0.25, -0.2) is 5.48 Å². The molecule has 5 heteroatoms. The van der Waals surface area contributed by atoms with Crippen LogP contribution in [0.3, 0.4) is 0 Å². The zero-order valence-corrected chi connectivity index (χ0v) is 12.4. The molecule has 0 unspecified atom stereocenters. The highest BCUT2D eigenvalue weighted by molar-refractivity contribution is 5.74. The van der Waals surface area contributed by atoms with Crippen molar-refractivity contribution in [2.45, 2.75) is 19.4 Å². The van der Waals surface area contributed by atoms with Gasteiger partial charge >= 0.3 is 0 Å². The molecule has 0 aliphatic carbocycles. The molecule has 5 nitrogen and oxygen atoms in total. The quantitative estimate of drug-likeness (QED) is 0.609. The number of carbonyl (C=O) groups is 1. The van der Waals surface area contributed by atoms with Gasteiger partial charge in [0.1, 0.15) is 6.61 Å². The molecule has 116 valence electrons. The third kappa shape index (κ3) is 4.49. The number of carbonyl (C=O) groups excluding carboxylic acids is 1. The lowest BCUT2D eigenvalue weighted by Crippen LogP contribution is -2.18. The summed E-state index contributed by atoms with van der Waals surface area (Å²) < 4.78 is 11.1. The van der Waals surface area contributed by atoms with Crippen LogP contribution in [0.25, 0.3) is 0 Å². The maximum Gasteiger partial charge on any atom is 0.243 e. The Hall–Kier alpha value is -2.53. The molecule has 0 saturated carbocycles. The number of nitrogens with one attached hydrogen (secondary N) is 1. The minimum absolute atomic E-state index is 0.209. The molecule has 0 aliphatic heterocycles. The van der Waals surface area contributed by atoms with Crippen molar-refractivity contribution in [2.24, 2.45) is 0 Å². The molecule has 2 aromatic rings. The average molecular weight is 301 g/mol. The lowest BCUT2D eigenvalue weighted by Gasteiger charge is -2.12. The topological polar surface area (TPSA) is 67.8 Å². The number of benzene rings is 2. The Kier molecular flexibility index (Phi) is 5.80. The summed E-state index contributed by atoms with van der Waals surface area (Å²) in [7, 11) is 1.59. The first kappa shape index (κ1) is 15.9. The molecule has 0 atom stereocenters. The number of aryl methyl sites for hydroxylation is 1. The molecule has 22 heavy (non-hydrogen) atoms. The molecule has 2 N–H and O–H groups in total. The van der Waals surface area contributed by atoms with Gasteiger partial charge in [-0.15, -0.1) is 0 Å². The Labute approximate surface area is 129 Å². The van der Waals surface area contributed by atoms with Crippen molar-refractivity contribution >= 4 is 5.91 Å². The van der Waals surface area contributed by atoms with Crippen LogP contribution in [-0.4, -0.2) is 18.2 Å². The van der Waals surface area contributed by atoms with Crippen LogP contribution in [0.2, 0.25) is 0 Å². The van der Waals surface area contributed by atoms with E-state index in [-0.39, 0.29) is 6.42 Å². The third-order valence-electron chi connectivity index (χ3n) is 3.23. The molecule has 0 bridgehead atoms. The molecule has 0 spiro atoms. The summed E-state index contributed by atoms with van der Waals surface area (Å²) in [5.74, 6) is 0.863. The normalized spacial score (nSPS) is 10.1. The molecule has 0 fully saturated rings. The fourth-order valence-electron chi connectivity index (χ4n) is 2.04. The highest BCUT2D eigenvalue weighted by Gasteiger charge is 2.08. The van der Waals surface area contributed by atoms with Gasteiger partial charge in [0, 0.05) is 6.42 Å². The molecule has 2 rings (SSSR count). The zero-order chi connectivity index (χ0) is 15.8. The van der Waals surface area contributed by atoms with Crippen molar-refractivity contribution in [3.63, 3.8) is 0 Å². The van der Waals surface area contributed by atoms with E-state index in [1.54, 1.807) is 12.6 Å². The van der Waals surface area contributed by atoms with Gasteiger partial charge < -0.3 is 9.47 Å². The van der Waals surface area contributed by atoms with Crippen molar-refractivity contribution in [1.82, 2.24) is 5.48 Å². The summed E-state index contributed by atoms with van der Waals surface area (Å²) >= 11 is 0. The lowest BCUT2D eigenvalue weighted by atomic mass is 10.1. The zero-order valence-electron chi connectivity index (χ0n) is 12.4. The van der Waals surface area contributed by atoms with E-state index in [9.17, 15) is 4.79 Å². The second-order valence-corrected chi connectivity index (χ2v) is 4.79. The number of hydrogen-bond acceptors (Lipinski definition) is 4. The van der Waals surface area contributed by atoms with E-state index < -0.39 is 5.91 Å². The van der Waals surface area contributed by atoms with Gasteiger partial charge in [-0.2, -0.15) is 0 Å². The second-order valence-electron chi connectivity index (χ2n) is 4.79. The maximum atomic E-state index is 11.1. The van der Waals surface area contributed by atoms with Crippen LogP contribution in [0.5, 0.6) is 11.5 Å². The smallest absolute Gasteiger partial charge is 0.243 e. The van der Waals surface area contributed by atoms with Crippen LogP contribution in [0.1, 0.15) is 17.5 Å². The van der Waals surface area contributed by atoms with E-state index in [2.05, 4.69) is 0 Å². The van der Waals surface area contributed by atoms with Gasteiger partial charge in [-0.3, -0.25) is 10.0 Å². The molecule has 1 amide bonds. The van der Waals surface area contributed by atoms with E-state index in [1.807, 2.05) is 48.5 Å². The van der Waals surface area contributed by atoms with E-state index >= 15 is 0 Å². The van der Waals surface area contributed by atoms with Crippen molar-refractivity contribution in [2.75, 3.05) is 7.11 Å². The van der Waals surface area contributed by atoms with E-state index in [0.29, 0.717) is 24.5 Å². The second kappa shape index (κ2) is 8.05. The maximum absolute atomic E-state index is 11.1. The molecule has 2 aromatic carbocycles. The van der Waals surface area contributed by atoms with Crippen LogP contribution >= 0.6 is 0 Å². The Morgan fingerprint density at radius 2 is 1.86 bits per heavy atom. The van der Waals surface area contributed by atoms with E-state index in [0.717, 1.165) is 11.1 Å². The van der Waals surface area contributed by atoms with Crippen molar-refractivity contribution in [3.05, 3.63) is 59.7 Å². The molecular formula is C17H19NO4. The number of hydroxylamine groups is 1. The Balaban J connectivity index is 2.05. The van der Waals surface area contributed by atoms with Gasteiger partial charge in [-0.1, -0.05) is 36.4 Å².